The molecule has 0 saturated heterocycles. The molecule has 0 fully saturated rings. The van der Waals surface area contributed by atoms with Gasteiger partial charge in [0.15, 0.2) is 0 Å². The predicted octanol–water partition coefficient (Wildman–Crippen LogP) is 4.07. The lowest BCUT2D eigenvalue weighted by Gasteiger charge is -2.12. The van der Waals surface area contributed by atoms with Crippen LogP contribution in [0, 0.1) is 0 Å². The van der Waals surface area contributed by atoms with Crippen molar-refractivity contribution in [3.63, 3.8) is 0 Å². The quantitative estimate of drug-likeness (QED) is 0.484. The van der Waals surface area contributed by atoms with Crippen LogP contribution in [0.15, 0.2) is 48.5 Å². The fourth-order valence-corrected chi connectivity index (χ4v) is 3.06. The van der Waals surface area contributed by atoms with Crippen molar-refractivity contribution >= 4 is 33.6 Å². The van der Waals surface area contributed by atoms with Crippen molar-refractivity contribution in [3.05, 3.63) is 59.9 Å². The summed E-state index contributed by atoms with van der Waals surface area (Å²) in [5.74, 6) is 2.06. The Morgan fingerprint density at radius 2 is 1.86 bits per heavy atom. The number of alkyl halides is 1. The molecule has 1 heterocycles. The molecule has 0 N–H and O–H groups in total. The first-order chi connectivity index (χ1) is 10.3. The zero-order valence-corrected chi connectivity index (χ0v) is 14.1. The van der Waals surface area contributed by atoms with Crippen molar-refractivity contribution in [1.82, 2.24) is 9.55 Å². The maximum Gasteiger partial charge on any atom is 0.123 e. The highest BCUT2D eigenvalue weighted by Gasteiger charge is 2.12. The van der Waals surface area contributed by atoms with Gasteiger partial charge in [-0.25, -0.2) is 4.98 Å². The van der Waals surface area contributed by atoms with E-state index in [0.717, 1.165) is 34.5 Å². The highest BCUT2D eigenvalue weighted by molar-refractivity contribution is 14.1. The lowest BCUT2D eigenvalue weighted by atomic mass is 10.2. The molecule has 3 rings (SSSR count). The number of para-hydroxylation sites is 3. The molecule has 21 heavy (non-hydrogen) atoms. The Kier molecular flexibility index (Phi) is 4.43. The summed E-state index contributed by atoms with van der Waals surface area (Å²) in [6, 6.07) is 16.5. The van der Waals surface area contributed by atoms with Crippen molar-refractivity contribution < 1.29 is 4.74 Å². The van der Waals surface area contributed by atoms with Crippen molar-refractivity contribution in [3.8, 4) is 5.75 Å². The van der Waals surface area contributed by atoms with Crippen LogP contribution in [0.25, 0.3) is 11.0 Å². The Balaban J connectivity index is 2.08. The van der Waals surface area contributed by atoms with E-state index in [1.807, 2.05) is 18.2 Å². The van der Waals surface area contributed by atoms with E-state index in [-0.39, 0.29) is 0 Å². The van der Waals surface area contributed by atoms with Crippen LogP contribution in [0.2, 0.25) is 0 Å². The van der Waals surface area contributed by atoms with E-state index in [9.17, 15) is 0 Å². The van der Waals surface area contributed by atoms with Gasteiger partial charge in [-0.05, 0) is 18.2 Å². The van der Waals surface area contributed by atoms with Gasteiger partial charge in [-0.15, -0.1) is 0 Å². The number of rotatable bonds is 5. The van der Waals surface area contributed by atoms with Crippen LogP contribution >= 0.6 is 22.6 Å². The fourth-order valence-electron chi connectivity index (χ4n) is 2.58. The lowest BCUT2D eigenvalue weighted by Crippen LogP contribution is -2.07. The Hall–Kier alpha value is -1.56. The molecule has 3 aromatic rings. The largest absolute Gasteiger partial charge is 0.496 e. The van der Waals surface area contributed by atoms with E-state index in [1.165, 1.54) is 11.1 Å². The summed E-state index contributed by atoms with van der Waals surface area (Å²) in [6.07, 6.45) is 0.977. The molecule has 3 nitrogen and oxygen atoms in total. The molecule has 0 aliphatic rings. The number of hydrogen-bond acceptors (Lipinski definition) is 2. The van der Waals surface area contributed by atoms with Crippen molar-refractivity contribution in [2.75, 3.05) is 11.5 Å². The number of aryl methyl sites for hydroxylation is 1. The highest BCUT2D eigenvalue weighted by Crippen LogP contribution is 2.23. The Morgan fingerprint density at radius 1 is 1.10 bits per heavy atom. The minimum atomic E-state index is 0.788. The van der Waals surface area contributed by atoms with Crippen LogP contribution in [0.1, 0.15) is 11.4 Å². The first-order valence-electron chi connectivity index (χ1n) is 6.95. The van der Waals surface area contributed by atoms with Gasteiger partial charge in [-0.2, -0.15) is 0 Å². The molecule has 0 unspecified atom stereocenters. The standard InChI is InChI=1S/C17H17IN2O/c1-21-16-9-5-2-6-13(16)12-20-15-8-4-3-7-14(15)19-17(20)10-11-18/h2-9H,10-12H2,1H3. The van der Waals surface area contributed by atoms with E-state index < -0.39 is 0 Å². The molecule has 1 aromatic heterocycles. The number of halogens is 1. The maximum atomic E-state index is 5.47. The molecule has 0 atom stereocenters. The lowest BCUT2D eigenvalue weighted by molar-refractivity contribution is 0.408. The molecule has 0 saturated carbocycles. The van der Waals surface area contributed by atoms with Crippen LogP contribution in [0.4, 0.5) is 0 Å². The van der Waals surface area contributed by atoms with E-state index >= 15 is 0 Å². The van der Waals surface area contributed by atoms with E-state index in [4.69, 9.17) is 9.72 Å². The molecule has 0 aliphatic heterocycles. The number of nitrogens with zero attached hydrogens (tertiary/aromatic N) is 2. The molecule has 0 radical (unpaired) electrons. The molecule has 4 heteroatoms. The number of aromatic nitrogens is 2. The number of benzene rings is 2. The van der Waals surface area contributed by atoms with Gasteiger partial charge in [0.05, 0.1) is 24.7 Å². The molecule has 2 aromatic carbocycles. The first-order valence-corrected chi connectivity index (χ1v) is 8.48. The molecule has 0 bridgehead atoms. The average Bonchev–Trinajstić information content (AvgIpc) is 2.86. The third kappa shape index (κ3) is 2.90. The zero-order chi connectivity index (χ0) is 14.7. The molecule has 0 amide bonds. The van der Waals surface area contributed by atoms with Gasteiger partial charge in [0.2, 0.25) is 0 Å². The fraction of sp³-hybridized carbons (Fsp3) is 0.235. The molecule has 0 spiro atoms. The van der Waals surface area contributed by atoms with Crippen molar-refractivity contribution in [2.24, 2.45) is 0 Å². The van der Waals surface area contributed by atoms with Gasteiger partial charge in [0.25, 0.3) is 0 Å². The second-order valence-corrected chi connectivity index (χ2v) is 5.93. The normalized spacial score (nSPS) is 11.0. The first kappa shape index (κ1) is 14.4. The minimum Gasteiger partial charge on any atom is -0.496 e. The summed E-state index contributed by atoms with van der Waals surface area (Å²) < 4.78 is 8.83. The number of ether oxygens (including phenoxy) is 1. The molecule has 108 valence electrons. The highest BCUT2D eigenvalue weighted by atomic mass is 127. The summed E-state index contributed by atoms with van der Waals surface area (Å²) in [6.45, 7) is 0.788. The summed E-state index contributed by atoms with van der Waals surface area (Å²) in [7, 11) is 1.72. The monoisotopic (exact) mass is 392 g/mol. The summed E-state index contributed by atoms with van der Waals surface area (Å²) >= 11 is 2.40. The van der Waals surface area contributed by atoms with Gasteiger partial charge in [0, 0.05) is 16.4 Å². The van der Waals surface area contributed by atoms with E-state index in [1.54, 1.807) is 7.11 Å². The smallest absolute Gasteiger partial charge is 0.123 e. The second kappa shape index (κ2) is 6.47. The Bertz CT molecular complexity index is 751. The van der Waals surface area contributed by atoms with Gasteiger partial charge < -0.3 is 9.30 Å². The van der Waals surface area contributed by atoms with Gasteiger partial charge in [0.1, 0.15) is 11.6 Å². The van der Waals surface area contributed by atoms with Gasteiger partial charge in [-0.1, -0.05) is 52.9 Å². The Morgan fingerprint density at radius 3 is 2.67 bits per heavy atom. The third-order valence-corrected chi connectivity index (χ3v) is 4.11. The third-order valence-electron chi connectivity index (χ3n) is 3.57. The Labute approximate surface area is 138 Å². The van der Waals surface area contributed by atoms with Crippen molar-refractivity contribution in [2.45, 2.75) is 13.0 Å². The summed E-state index contributed by atoms with van der Waals surface area (Å²) in [4.78, 5) is 4.77. The molecular formula is C17H17IN2O. The average molecular weight is 392 g/mol. The SMILES string of the molecule is COc1ccccc1Cn1c(CCI)nc2ccccc21. The van der Waals surface area contributed by atoms with E-state index in [0.29, 0.717) is 0 Å². The summed E-state index contributed by atoms with van der Waals surface area (Å²) in [5.41, 5.74) is 3.42. The zero-order valence-electron chi connectivity index (χ0n) is 11.9. The molecular weight excluding hydrogens is 375 g/mol. The topological polar surface area (TPSA) is 27.1 Å². The maximum absolute atomic E-state index is 5.47. The van der Waals surface area contributed by atoms with Crippen LogP contribution in [0.3, 0.4) is 0 Å². The van der Waals surface area contributed by atoms with Crippen LogP contribution < -0.4 is 4.74 Å². The number of fused-ring (bicyclic) bond motifs is 1. The minimum absolute atomic E-state index is 0.788. The van der Waals surface area contributed by atoms with Crippen LogP contribution in [0.5, 0.6) is 5.75 Å². The number of hydrogen-bond donors (Lipinski definition) is 0. The van der Waals surface area contributed by atoms with Crippen LogP contribution in [-0.2, 0) is 13.0 Å². The van der Waals surface area contributed by atoms with Gasteiger partial charge in [-0.3, -0.25) is 0 Å². The number of methoxy groups -OCH3 is 1. The number of imidazole rings is 1. The van der Waals surface area contributed by atoms with Gasteiger partial charge >= 0.3 is 0 Å². The van der Waals surface area contributed by atoms with Crippen molar-refractivity contribution in [1.29, 1.82) is 0 Å². The second-order valence-electron chi connectivity index (χ2n) is 4.85. The van der Waals surface area contributed by atoms with Crippen LogP contribution in [-0.4, -0.2) is 21.1 Å². The predicted molar refractivity (Wildman–Crippen MR) is 94.4 cm³/mol. The van der Waals surface area contributed by atoms with E-state index in [2.05, 4.69) is 57.5 Å². The summed E-state index contributed by atoms with van der Waals surface area (Å²) in [5, 5.41) is 0. The molecule has 0 aliphatic carbocycles.